The highest BCUT2D eigenvalue weighted by Crippen LogP contribution is 2.11. The Kier molecular flexibility index (Phi) is 7.51. The first-order valence-corrected chi connectivity index (χ1v) is 7.58. The molecule has 0 spiro atoms. The third-order valence-corrected chi connectivity index (χ3v) is 2.99. The molecule has 0 saturated heterocycles. The van der Waals surface area contributed by atoms with E-state index in [1.54, 1.807) is 20.8 Å². The van der Waals surface area contributed by atoms with Crippen molar-refractivity contribution in [3.63, 3.8) is 0 Å². The van der Waals surface area contributed by atoms with E-state index in [0.29, 0.717) is 26.1 Å². The number of benzene rings is 1. The fourth-order valence-corrected chi connectivity index (χ4v) is 1.87. The van der Waals surface area contributed by atoms with Crippen molar-refractivity contribution in [3.05, 3.63) is 35.9 Å². The molecule has 0 bridgehead atoms. The molecule has 0 aliphatic carbocycles. The third-order valence-electron chi connectivity index (χ3n) is 2.99. The lowest BCUT2D eigenvalue weighted by molar-refractivity contribution is -0.159. The van der Waals surface area contributed by atoms with Crippen molar-refractivity contribution in [2.75, 3.05) is 6.61 Å². The Hall–Kier alpha value is -1.43. The molecule has 3 N–H and O–H groups in total. The topological polar surface area (TPSA) is 81.8 Å². The average molecular weight is 309 g/mol. The minimum absolute atomic E-state index is 0.398. The molecule has 0 aliphatic heterocycles. The van der Waals surface area contributed by atoms with Crippen LogP contribution >= 0.6 is 0 Å². The van der Waals surface area contributed by atoms with Gasteiger partial charge < -0.3 is 20.3 Å². The average Bonchev–Trinajstić information content (AvgIpc) is 2.45. The molecular formula is C17H27NO4. The highest BCUT2D eigenvalue weighted by molar-refractivity contribution is 5.76. The second kappa shape index (κ2) is 8.88. The first-order chi connectivity index (χ1) is 10.3. The molecule has 0 radical (unpaired) electrons. The normalized spacial score (nSPS) is 14.4. The molecular weight excluding hydrogens is 282 g/mol. The molecule has 0 amide bonds. The Morgan fingerprint density at radius 3 is 2.50 bits per heavy atom. The summed E-state index contributed by atoms with van der Waals surface area (Å²) in [5, 5.41) is 9.92. The number of hydrogen-bond acceptors (Lipinski definition) is 5. The zero-order chi connectivity index (χ0) is 16.6. The fraction of sp³-hybridized carbons (Fsp3) is 0.588. The van der Waals surface area contributed by atoms with Crippen molar-refractivity contribution in [2.24, 2.45) is 5.73 Å². The van der Waals surface area contributed by atoms with Crippen LogP contribution in [0.4, 0.5) is 0 Å². The largest absolute Gasteiger partial charge is 0.459 e. The first kappa shape index (κ1) is 18.6. The van der Waals surface area contributed by atoms with Crippen LogP contribution in [0.15, 0.2) is 30.3 Å². The van der Waals surface area contributed by atoms with E-state index < -0.39 is 23.7 Å². The van der Waals surface area contributed by atoms with E-state index in [0.717, 1.165) is 5.56 Å². The van der Waals surface area contributed by atoms with E-state index in [1.165, 1.54) is 0 Å². The summed E-state index contributed by atoms with van der Waals surface area (Å²) in [5.74, 6) is -0.579. The monoisotopic (exact) mass is 309 g/mol. The molecule has 1 aromatic carbocycles. The smallest absolute Gasteiger partial charge is 0.326 e. The van der Waals surface area contributed by atoms with Gasteiger partial charge in [-0.3, -0.25) is 4.79 Å². The van der Waals surface area contributed by atoms with Gasteiger partial charge in [0.15, 0.2) is 0 Å². The van der Waals surface area contributed by atoms with E-state index in [2.05, 4.69) is 0 Å². The summed E-state index contributed by atoms with van der Waals surface area (Å²) in [7, 11) is 0. The molecule has 0 fully saturated rings. The van der Waals surface area contributed by atoms with Gasteiger partial charge >= 0.3 is 5.97 Å². The summed E-state index contributed by atoms with van der Waals surface area (Å²) in [4.78, 5) is 11.7. The third kappa shape index (κ3) is 7.54. The molecule has 5 nitrogen and oxygen atoms in total. The maximum Gasteiger partial charge on any atom is 0.326 e. The SMILES string of the molecule is CC(C)(C)OC(=O)[C@@H](N)[C@@H](O)CCCOCc1ccccc1. The van der Waals surface area contributed by atoms with Crippen LogP contribution in [-0.4, -0.2) is 35.4 Å². The van der Waals surface area contributed by atoms with Crippen molar-refractivity contribution < 1.29 is 19.4 Å². The number of aliphatic hydroxyl groups is 1. The van der Waals surface area contributed by atoms with E-state index in [1.807, 2.05) is 30.3 Å². The van der Waals surface area contributed by atoms with Gasteiger partial charge in [0.1, 0.15) is 11.6 Å². The summed E-state index contributed by atoms with van der Waals surface area (Å²) in [6, 6.07) is 8.84. The summed E-state index contributed by atoms with van der Waals surface area (Å²) >= 11 is 0. The van der Waals surface area contributed by atoms with Gasteiger partial charge in [0.2, 0.25) is 0 Å². The number of carbonyl (C=O) groups is 1. The lowest BCUT2D eigenvalue weighted by atomic mass is 10.1. The molecule has 0 aromatic heterocycles. The fourth-order valence-electron chi connectivity index (χ4n) is 1.87. The van der Waals surface area contributed by atoms with Crippen LogP contribution in [-0.2, 0) is 20.9 Å². The summed E-state index contributed by atoms with van der Waals surface area (Å²) in [6.45, 7) is 6.34. The van der Waals surface area contributed by atoms with Gasteiger partial charge in [-0.25, -0.2) is 0 Å². The Labute approximate surface area is 132 Å². The van der Waals surface area contributed by atoms with Crippen LogP contribution in [0.2, 0.25) is 0 Å². The highest BCUT2D eigenvalue weighted by atomic mass is 16.6. The summed E-state index contributed by atoms with van der Waals surface area (Å²) in [5.41, 5.74) is 6.21. The number of hydrogen-bond donors (Lipinski definition) is 2. The molecule has 0 aliphatic rings. The van der Waals surface area contributed by atoms with Crippen LogP contribution in [0, 0.1) is 0 Å². The molecule has 22 heavy (non-hydrogen) atoms. The number of aliphatic hydroxyl groups excluding tert-OH is 1. The minimum Gasteiger partial charge on any atom is -0.459 e. The van der Waals surface area contributed by atoms with Crippen molar-refractivity contribution in [1.82, 2.24) is 0 Å². The van der Waals surface area contributed by atoms with Crippen LogP contribution in [0.25, 0.3) is 0 Å². The van der Waals surface area contributed by atoms with Gasteiger partial charge in [-0.2, -0.15) is 0 Å². The van der Waals surface area contributed by atoms with Crippen LogP contribution < -0.4 is 5.73 Å². The van der Waals surface area contributed by atoms with E-state index >= 15 is 0 Å². The van der Waals surface area contributed by atoms with Gasteiger partial charge in [0.05, 0.1) is 12.7 Å². The Morgan fingerprint density at radius 2 is 1.91 bits per heavy atom. The zero-order valence-corrected chi connectivity index (χ0v) is 13.6. The van der Waals surface area contributed by atoms with Gasteiger partial charge in [-0.15, -0.1) is 0 Å². The van der Waals surface area contributed by atoms with Crippen LogP contribution in [0.5, 0.6) is 0 Å². The van der Waals surface area contributed by atoms with Crippen molar-refractivity contribution in [1.29, 1.82) is 0 Å². The minimum atomic E-state index is -1.02. The molecule has 0 unspecified atom stereocenters. The van der Waals surface area contributed by atoms with Gasteiger partial charge in [0.25, 0.3) is 0 Å². The van der Waals surface area contributed by atoms with Crippen molar-refractivity contribution >= 4 is 5.97 Å². The van der Waals surface area contributed by atoms with E-state index in [9.17, 15) is 9.90 Å². The standard InChI is InChI=1S/C17H27NO4/c1-17(2,3)22-16(20)15(18)14(19)10-7-11-21-12-13-8-5-4-6-9-13/h4-6,8-9,14-15,19H,7,10-12,18H2,1-3H3/t14-,15-/m0/s1. The zero-order valence-electron chi connectivity index (χ0n) is 13.6. The Bertz CT molecular complexity index is 442. The second-order valence-corrected chi connectivity index (χ2v) is 6.31. The molecule has 2 atom stereocenters. The summed E-state index contributed by atoms with van der Waals surface area (Å²) in [6.07, 6.45) is 0.106. The Morgan fingerprint density at radius 1 is 1.27 bits per heavy atom. The maximum absolute atomic E-state index is 11.7. The quantitative estimate of drug-likeness (QED) is 0.567. The van der Waals surface area contributed by atoms with Gasteiger partial charge in [0, 0.05) is 6.61 Å². The Balaban J connectivity index is 2.19. The van der Waals surface area contributed by atoms with Gasteiger partial charge in [-0.05, 0) is 39.2 Å². The first-order valence-electron chi connectivity index (χ1n) is 7.58. The molecule has 1 rings (SSSR count). The number of esters is 1. The van der Waals surface area contributed by atoms with E-state index in [-0.39, 0.29) is 0 Å². The molecule has 5 heteroatoms. The lowest BCUT2D eigenvalue weighted by Gasteiger charge is -2.24. The van der Waals surface area contributed by atoms with E-state index in [4.69, 9.17) is 15.2 Å². The maximum atomic E-state index is 11.7. The summed E-state index contributed by atoms with van der Waals surface area (Å²) < 4.78 is 10.7. The van der Waals surface area contributed by atoms with Crippen molar-refractivity contribution in [2.45, 2.75) is 58.0 Å². The lowest BCUT2D eigenvalue weighted by Crippen LogP contribution is -2.45. The molecule has 1 aromatic rings. The number of carbonyl (C=O) groups excluding carboxylic acids is 1. The van der Waals surface area contributed by atoms with Gasteiger partial charge in [-0.1, -0.05) is 30.3 Å². The second-order valence-electron chi connectivity index (χ2n) is 6.31. The highest BCUT2D eigenvalue weighted by Gasteiger charge is 2.27. The van der Waals surface area contributed by atoms with Crippen molar-refractivity contribution in [3.8, 4) is 0 Å². The number of ether oxygens (including phenoxy) is 2. The number of nitrogens with two attached hydrogens (primary N) is 1. The molecule has 0 saturated carbocycles. The molecule has 124 valence electrons. The van der Waals surface area contributed by atoms with Crippen LogP contribution in [0.3, 0.4) is 0 Å². The molecule has 0 heterocycles. The predicted molar refractivity (Wildman–Crippen MR) is 85.2 cm³/mol. The number of rotatable bonds is 8. The van der Waals surface area contributed by atoms with Crippen LogP contribution in [0.1, 0.15) is 39.2 Å². The predicted octanol–water partition coefficient (Wildman–Crippen LogP) is 2.01.